The van der Waals surface area contributed by atoms with E-state index in [2.05, 4.69) is 18.6 Å². The molecule has 0 amide bonds. The van der Waals surface area contributed by atoms with Crippen LogP contribution in [0.3, 0.4) is 0 Å². The molecule has 0 saturated carbocycles. The Balaban J connectivity index is 5.19. The molecule has 0 radical (unpaired) electrons. The largest absolute Gasteiger partial charge is 0.466 e. The maximum Gasteiger partial charge on any atom is 0.312 e. The molecule has 136 valence electrons. The van der Waals surface area contributed by atoms with Crippen molar-refractivity contribution >= 4 is 28.6 Å². The highest BCUT2D eigenvalue weighted by atomic mass is 35.5. The molecular weight excluding hydrogens is 334 g/mol. The van der Waals surface area contributed by atoms with Crippen LogP contribution in [0.1, 0.15) is 61.3 Å². The van der Waals surface area contributed by atoms with Crippen molar-refractivity contribution < 1.29 is 13.7 Å². The van der Waals surface area contributed by atoms with Crippen molar-refractivity contribution in [1.82, 2.24) is 4.72 Å². The third-order valence-corrected chi connectivity index (χ3v) is 5.22. The Morgan fingerprint density at radius 2 is 1.87 bits per heavy atom. The molecule has 0 aliphatic heterocycles. The first kappa shape index (κ1) is 22.6. The highest BCUT2D eigenvalue weighted by Crippen LogP contribution is 2.22. The van der Waals surface area contributed by atoms with Gasteiger partial charge in [-0.25, -0.2) is 8.93 Å². The van der Waals surface area contributed by atoms with Gasteiger partial charge in [0, 0.05) is 5.03 Å². The number of rotatable bonds is 9. The van der Waals surface area contributed by atoms with Crippen LogP contribution in [0.15, 0.2) is 11.1 Å². The molecule has 0 fully saturated rings. The van der Waals surface area contributed by atoms with Gasteiger partial charge in [0.15, 0.2) is 0 Å². The number of hydrogen-bond acceptors (Lipinski definition) is 3. The van der Waals surface area contributed by atoms with Gasteiger partial charge in [0.05, 0.1) is 34.3 Å². The van der Waals surface area contributed by atoms with Crippen molar-refractivity contribution in [2.24, 2.45) is 11.8 Å². The fourth-order valence-electron chi connectivity index (χ4n) is 1.94. The highest BCUT2D eigenvalue weighted by Gasteiger charge is 2.25. The number of esters is 1. The monoisotopic (exact) mass is 365 g/mol. The summed E-state index contributed by atoms with van der Waals surface area (Å²) in [7, 11) is -1.22. The zero-order valence-electron chi connectivity index (χ0n) is 15.4. The molecule has 0 aromatic heterocycles. The predicted octanol–water partition coefficient (Wildman–Crippen LogP) is 4.16. The Bertz CT molecular complexity index is 430. The highest BCUT2D eigenvalue weighted by molar-refractivity contribution is 7.84. The van der Waals surface area contributed by atoms with Gasteiger partial charge in [-0.3, -0.25) is 4.79 Å². The molecule has 0 rings (SSSR count). The second-order valence-electron chi connectivity index (χ2n) is 7.00. The summed E-state index contributed by atoms with van der Waals surface area (Å²) in [6.45, 7) is 13.9. The lowest BCUT2D eigenvalue weighted by Gasteiger charge is -2.24. The molecule has 0 bridgehead atoms. The fourth-order valence-corrected chi connectivity index (χ4v) is 3.27. The van der Waals surface area contributed by atoms with Crippen LogP contribution < -0.4 is 4.72 Å². The van der Waals surface area contributed by atoms with Crippen LogP contribution in [0.25, 0.3) is 0 Å². The van der Waals surface area contributed by atoms with Gasteiger partial charge in [-0.1, -0.05) is 38.4 Å². The van der Waals surface area contributed by atoms with Crippen LogP contribution in [0.4, 0.5) is 0 Å². The lowest BCUT2D eigenvalue weighted by atomic mass is 9.96. The van der Waals surface area contributed by atoms with E-state index >= 15 is 0 Å². The lowest BCUT2D eigenvalue weighted by Crippen LogP contribution is -2.40. The first-order valence-electron chi connectivity index (χ1n) is 8.24. The van der Waals surface area contributed by atoms with E-state index in [4.69, 9.17) is 16.3 Å². The molecule has 0 aromatic rings. The Hall–Kier alpha value is -0.390. The minimum Gasteiger partial charge on any atom is -0.466 e. The summed E-state index contributed by atoms with van der Waals surface area (Å²) in [5, 5.41) is 0.517. The number of carbonyl (C=O) groups is 1. The lowest BCUT2D eigenvalue weighted by molar-refractivity contribution is -0.146. The summed E-state index contributed by atoms with van der Waals surface area (Å²) in [6.07, 6.45) is 3.11. The van der Waals surface area contributed by atoms with E-state index in [0.29, 0.717) is 30.4 Å². The Labute approximate surface area is 149 Å². The third kappa shape index (κ3) is 8.87. The van der Waals surface area contributed by atoms with Crippen molar-refractivity contribution in [3.63, 3.8) is 0 Å². The molecule has 23 heavy (non-hydrogen) atoms. The molecule has 0 spiro atoms. The second kappa shape index (κ2) is 10.5. The number of halogens is 1. The van der Waals surface area contributed by atoms with E-state index in [1.807, 2.05) is 27.7 Å². The van der Waals surface area contributed by atoms with Gasteiger partial charge in [0.25, 0.3) is 0 Å². The van der Waals surface area contributed by atoms with Gasteiger partial charge < -0.3 is 4.74 Å². The number of ether oxygens (including phenoxy) is 1. The Kier molecular flexibility index (Phi) is 10.3. The number of nitrogens with one attached hydrogen (secondary N) is 1. The van der Waals surface area contributed by atoms with Crippen molar-refractivity contribution in [2.45, 2.75) is 72.1 Å². The molecule has 1 N–H and O–H groups in total. The molecule has 0 saturated heterocycles. The van der Waals surface area contributed by atoms with Crippen molar-refractivity contribution in [1.29, 1.82) is 0 Å². The zero-order valence-corrected chi connectivity index (χ0v) is 17.0. The molecule has 6 heteroatoms. The molecule has 1 unspecified atom stereocenters. The summed E-state index contributed by atoms with van der Waals surface area (Å²) in [5.41, 5.74) is 0. The molecule has 0 aromatic carbocycles. The zero-order chi connectivity index (χ0) is 18.2. The molecular formula is C17H32ClNO3S. The Morgan fingerprint density at radius 1 is 1.30 bits per heavy atom. The Morgan fingerprint density at radius 3 is 2.26 bits per heavy atom. The van der Waals surface area contributed by atoms with Crippen LogP contribution in [-0.2, 0) is 20.5 Å². The molecule has 0 aliphatic rings. The van der Waals surface area contributed by atoms with Crippen LogP contribution in [-0.4, -0.2) is 27.6 Å². The molecule has 4 nitrogen and oxygen atoms in total. The SMILES string of the molecule is CCOC(=O)[C@@H](/C=C(/Cl)[C@H](CC)NS(=O)C(C)(C)C)CC(C)C. The van der Waals surface area contributed by atoms with Crippen molar-refractivity contribution in [3.05, 3.63) is 11.1 Å². The first-order valence-corrected chi connectivity index (χ1v) is 9.77. The van der Waals surface area contributed by atoms with Crippen LogP contribution in [0.2, 0.25) is 0 Å². The minimum atomic E-state index is -1.22. The maximum atomic E-state index is 12.3. The quantitative estimate of drug-likeness (QED) is 0.624. The van der Waals surface area contributed by atoms with Crippen molar-refractivity contribution in [2.75, 3.05) is 6.61 Å². The third-order valence-electron chi connectivity index (χ3n) is 3.22. The number of hydrogen-bond donors (Lipinski definition) is 1. The summed E-state index contributed by atoms with van der Waals surface area (Å²) >= 11 is 6.42. The number of carbonyl (C=O) groups excluding carboxylic acids is 1. The van der Waals surface area contributed by atoms with Gasteiger partial charge in [-0.05, 0) is 46.5 Å². The van der Waals surface area contributed by atoms with Crippen molar-refractivity contribution in [3.8, 4) is 0 Å². The van der Waals surface area contributed by atoms with Gasteiger partial charge in [0.1, 0.15) is 0 Å². The summed E-state index contributed by atoms with van der Waals surface area (Å²) in [4.78, 5) is 12.1. The van der Waals surface area contributed by atoms with Crippen LogP contribution in [0.5, 0.6) is 0 Å². The summed E-state index contributed by atoms with van der Waals surface area (Å²) in [5.74, 6) is -0.283. The molecule has 0 aliphatic carbocycles. The normalized spacial score (nSPS) is 17.0. The summed E-state index contributed by atoms with van der Waals surface area (Å²) in [6, 6.07) is -0.235. The van der Waals surface area contributed by atoms with E-state index in [1.54, 1.807) is 13.0 Å². The average Bonchev–Trinajstić information content (AvgIpc) is 2.42. The smallest absolute Gasteiger partial charge is 0.312 e. The minimum absolute atomic E-state index is 0.235. The average molecular weight is 366 g/mol. The van der Waals surface area contributed by atoms with E-state index in [1.165, 1.54) is 0 Å². The van der Waals surface area contributed by atoms with E-state index in [-0.39, 0.29) is 22.7 Å². The van der Waals surface area contributed by atoms with Crippen LogP contribution >= 0.6 is 11.6 Å². The van der Waals surface area contributed by atoms with Gasteiger partial charge >= 0.3 is 5.97 Å². The van der Waals surface area contributed by atoms with Gasteiger partial charge in [0.2, 0.25) is 0 Å². The van der Waals surface area contributed by atoms with Gasteiger partial charge in [-0.15, -0.1) is 0 Å². The fraction of sp³-hybridized carbons (Fsp3) is 0.824. The van der Waals surface area contributed by atoms with E-state index in [0.717, 1.165) is 0 Å². The maximum absolute atomic E-state index is 12.3. The summed E-state index contributed by atoms with van der Waals surface area (Å²) < 4.78 is 20.1. The first-order chi connectivity index (χ1) is 10.5. The van der Waals surface area contributed by atoms with Gasteiger partial charge in [-0.2, -0.15) is 0 Å². The van der Waals surface area contributed by atoms with E-state index in [9.17, 15) is 9.00 Å². The molecule has 3 atom stereocenters. The topological polar surface area (TPSA) is 55.4 Å². The second-order valence-corrected chi connectivity index (χ2v) is 9.43. The van der Waals surface area contributed by atoms with Crippen LogP contribution in [0, 0.1) is 11.8 Å². The van der Waals surface area contributed by atoms with E-state index < -0.39 is 11.0 Å². The molecule has 0 heterocycles. The predicted molar refractivity (Wildman–Crippen MR) is 98.6 cm³/mol. The standard InChI is InChI=1S/C17H32ClNO3S/c1-8-15(19-23(21)17(5,6)7)14(18)11-13(10-12(3)4)16(20)22-9-2/h11-13,15,19H,8-10H2,1-7H3/b14-11+/t13-,15+,23?/m1/s1.